The maximum Gasteiger partial charge on any atom is 0.0546 e. The Morgan fingerprint density at radius 1 is 1.35 bits per heavy atom. The number of aliphatic hydroxyl groups is 1. The molecule has 3 heteroatoms. The van der Waals surface area contributed by atoms with Gasteiger partial charge in [-0.15, -0.1) is 0 Å². The summed E-state index contributed by atoms with van der Waals surface area (Å²) in [6.45, 7) is 12.3. The van der Waals surface area contributed by atoms with Gasteiger partial charge in [0.2, 0.25) is 0 Å². The second-order valence-corrected chi connectivity index (χ2v) is 6.89. The summed E-state index contributed by atoms with van der Waals surface area (Å²) in [6, 6.07) is 0.557. The van der Waals surface area contributed by atoms with Crippen LogP contribution < -0.4 is 5.32 Å². The summed E-state index contributed by atoms with van der Waals surface area (Å²) in [5.74, 6) is 0.712. The van der Waals surface area contributed by atoms with Crippen LogP contribution in [0.25, 0.3) is 0 Å². The van der Waals surface area contributed by atoms with E-state index in [1.54, 1.807) is 0 Å². The van der Waals surface area contributed by atoms with Crippen LogP contribution in [-0.4, -0.2) is 48.8 Å². The molecule has 1 aliphatic carbocycles. The van der Waals surface area contributed by atoms with E-state index in [0.29, 0.717) is 17.4 Å². The molecule has 0 bridgehead atoms. The lowest BCUT2D eigenvalue weighted by Gasteiger charge is -2.37. The van der Waals surface area contributed by atoms with Crippen LogP contribution in [0.5, 0.6) is 0 Å². The molecule has 1 aliphatic rings. The SMILES string of the molecule is CC(C)NCC(C)(C)CN(C)CC1CC(O)C1. The zero-order chi connectivity index (χ0) is 13.1. The van der Waals surface area contributed by atoms with Gasteiger partial charge in [-0.2, -0.15) is 0 Å². The van der Waals surface area contributed by atoms with Crippen molar-refractivity contribution in [1.29, 1.82) is 0 Å². The molecule has 0 amide bonds. The first-order valence-corrected chi connectivity index (χ1v) is 6.88. The van der Waals surface area contributed by atoms with Gasteiger partial charge in [0.25, 0.3) is 0 Å². The van der Waals surface area contributed by atoms with Crippen LogP contribution in [0.15, 0.2) is 0 Å². The quantitative estimate of drug-likeness (QED) is 0.713. The van der Waals surface area contributed by atoms with Crippen LogP contribution >= 0.6 is 0 Å². The third-order valence-electron chi connectivity index (χ3n) is 3.47. The van der Waals surface area contributed by atoms with Gasteiger partial charge < -0.3 is 15.3 Å². The van der Waals surface area contributed by atoms with Gasteiger partial charge >= 0.3 is 0 Å². The van der Waals surface area contributed by atoms with Crippen LogP contribution in [0.1, 0.15) is 40.5 Å². The van der Waals surface area contributed by atoms with Crippen LogP contribution in [0.3, 0.4) is 0 Å². The fourth-order valence-corrected chi connectivity index (χ4v) is 2.62. The summed E-state index contributed by atoms with van der Waals surface area (Å²) in [7, 11) is 2.20. The molecule has 2 N–H and O–H groups in total. The third kappa shape index (κ3) is 5.84. The van der Waals surface area contributed by atoms with Crippen molar-refractivity contribution >= 4 is 0 Å². The van der Waals surface area contributed by atoms with Gasteiger partial charge in [-0.1, -0.05) is 27.7 Å². The number of nitrogens with zero attached hydrogens (tertiary/aromatic N) is 1. The Morgan fingerprint density at radius 3 is 2.41 bits per heavy atom. The molecule has 0 heterocycles. The first kappa shape index (κ1) is 14.9. The minimum atomic E-state index is -0.0241. The van der Waals surface area contributed by atoms with E-state index in [1.807, 2.05) is 0 Å². The molecule has 1 saturated carbocycles. The van der Waals surface area contributed by atoms with Crippen LogP contribution in [0.2, 0.25) is 0 Å². The Morgan fingerprint density at radius 2 is 1.94 bits per heavy atom. The van der Waals surface area contributed by atoms with Gasteiger partial charge in [-0.25, -0.2) is 0 Å². The number of hydrogen-bond donors (Lipinski definition) is 2. The van der Waals surface area contributed by atoms with E-state index < -0.39 is 0 Å². The standard InChI is InChI=1S/C14H30N2O/c1-11(2)15-9-14(3,4)10-16(5)8-12-6-13(17)7-12/h11-13,15,17H,6-10H2,1-5H3. The summed E-state index contributed by atoms with van der Waals surface area (Å²) >= 11 is 0. The zero-order valence-electron chi connectivity index (χ0n) is 12.2. The molecular weight excluding hydrogens is 212 g/mol. The molecule has 17 heavy (non-hydrogen) atoms. The average molecular weight is 242 g/mol. The molecule has 3 nitrogen and oxygen atoms in total. The normalized spacial score (nSPS) is 25.4. The van der Waals surface area contributed by atoms with E-state index in [2.05, 4.69) is 45.0 Å². The molecule has 0 aromatic heterocycles. The summed E-state index contributed by atoms with van der Waals surface area (Å²) in [5.41, 5.74) is 0.307. The topological polar surface area (TPSA) is 35.5 Å². The highest BCUT2D eigenvalue weighted by molar-refractivity contribution is 4.83. The summed E-state index contributed by atoms with van der Waals surface area (Å²) in [6.07, 6.45) is 1.97. The van der Waals surface area contributed by atoms with Gasteiger partial charge in [0.15, 0.2) is 0 Å². The molecule has 0 atom stereocenters. The number of rotatable bonds is 7. The third-order valence-corrected chi connectivity index (χ3v) is 3.47. The first-order chi connectivity index (χ1) is 7.78. The number of nitrogens with one attached hydrogen (secondary N) is 1. The molecule has 102 valence electrons. The minimum absolute atomic E-state index is 0.0241. The van der Waals surface area contributed by atoms with E-state index in [1.165, 1.54) is 0 Å². The summed E-state index contributed by atoms with van der Waals surface area (Å²) < 4.78 is 0. The van der Waals surface area contributed by atoms with E-state index in [4.69, 9.17) is 0 Å². The fourth-order valence-electron chi connectivity index (χ4n) is 2.62. The summed E-state index contributed by atoms with van der Waals surface area (Å²) in [5, 5.41) is 12.8. The van der Waals surface area contributed by atoms with Crippen molar-refractivity contribution in [2.45, 2.75) is 52.7 Å². The van der Waals surface area contributed by atoms with Crippen molar-refractivity contribution in [3.63, 3.8) is 0 Å². The molecule has 0 unspecified atom stereocenters. The van der Waals surface area contributed by atoms with E-state index in [0.717, 1.165) is 32.5 Å². The van der Waals surface area contributed by atoms with Gasteiger partial charge in [-0.05, 0) is 31.2 Å². The molecule has 0 aromatic rings. The van der Waals surface area contributed by atoms with Crippen LogP contribution in [0.4, 0.5) is 0 Å². The predicted octanol–water partition coefficient (Wildman–Crippen LogP) is 1.71. The monoisotopic (exact) mass is 242 g/mol. The van der Waals surface area contributed by atoms with Crippen molar-refractivity contribution in [1.82, 2.24) is 10.2 Å². The molecular formula is C14H30N2O. The smallest absolute Gasteiger partial charge is 0.0546 e. The van der Waals surface area contributed by atoms with Crippen molar-refractivity contribution in [2.75, 3.05) is 26.7 Å². The molecule has 0 spiro atoms. The largest absolute Gasteiger partial charge is 0.393 e. The second kappa shape index (κ2) is 6.17. The number of aliphatic hydroxyl groups excluding tert-OH is 1. The highest BCUT2D eigenvalue weighted by Crippen LogP contribution is 2.28. The van der Waals surface area contributed by atoms with Crippen LogP contribution in [-0.2, 0) is 0 Å². The summed E-state index contributed by atoms with van der Waals surface area (Å²) in [4.78, 5) is 2.42. The second-order valence-electron chi connectivity index (χ2n) is 6.89. The maximum absolute atomic E-state index is 9.28. The van der Waals surface area contributed by atoms with Crippen molar-refractivity contribution < 1.29 is 5.11 Å². The highest BCUT2D eigenvalue weighted by Gasteiger charge is 2.29. The molecule has 0 aromatic carbocycles. The van der Waals surface area contributed by atoms with Crippen molar-refractivity contribution in [2.24, 2.45) is 11.3 Å². The van der Waals surface area contributed by atoms with E-state index in [-0.39, 0.29) is 6.10 Å². The van der Waals surface area contributed by atoms with Gasteiger partial charge in [0.05, 0.1) is 6.10 Å². The van der Waals surface area contributed by atoms with E-state index >= 15 is 0 Å². The lowest BCUT2D eigenvalue weighted by molar-refractivity contribution is 0.0235. The van der Waals surface area contributed by atoms with Gasteiger partial charge in [-0.3, -0.25) is 0 Å². The van der Waals surface area contributed by atoms with Crippen molar-refractivity contribution in [3.05, 3.63) is 0 Å². The molecule has 1 fully saturated rings. The van der Waals surface area contributed by atoms with Crippen LogP contribution in [0, 0.1) is 11.3 Å². The lowest BCUT2D eigenvalue weighted by atomic mass is 9.81. The first-order valence-electron chi connectivity index (χ1n) is 6.88. The maximum atomic E-state index is 9.28. The Kier molecular flexibility index (Phi) is 5.42. The zero-order valence-corrected chi connectivity index (χ0v) is 12.2. The molecule has 0 saturated heterocycles. The highest BCUT2D eigenvalue weighted by atomic mass is 16.3. The van der Waals surface area contributed by atoms with Crippen molar-refractivity contribution in [3.8, 4) is 0 Å². The Bertz CT molecular complexity index is 222. The average Bonchev–Trinajstić information content (AvgIpc) is 2.11. The van der Waals surface area contributed by atoms with Gasteiger partial charge in [0, 0.05) is 25.7 Å². The fraction of sp³-hybridized carbons (Fsp3) is 1.00. The Labute approximate surface area is 107 Å². The number of hydrogen-bond acceptors (Lipinski definition) is 3. The van der Waals surface area contributed by atoms with Gasteiger partial charge in [0.1, 0.15) is 0 Å². The predicted molar refractivity (Wildman–Crippen MR) is 73.1 cm³/mol. The molecule has 0 aliphatic heterocycles. The van der Waals surface area contributed by atoms with E-state index in [9.17, 15) is 5.11 Å². The molecule has 1 rings (SSSR count). The Balaban J connectivity index is 2.21. The lowest BCUT2D eigenvalue weighted by Crippen LogP contribution is -2.44. The Hall–Kier alpha value is -0.120. The molecule has 0 radical (unpaired) electrons. The minimum Gasteiger partial charge on any atom is -0.393 e.